The molecule has 0 aromatic heterocycles. The van der Waals surface area contributed by atoms with E-state index in [-0.39, 0.29) is 11.2 Å². The second kappa shape index (κ2) is 6.61. The Labute approximate surface area is 102 Å². The molecule has 0 bridgehead atoms. The molecule has 0 heterocycles. The average Bonchev–Trinajstić information content (AvgIpc) is 2.28. The van der Waals surface area contributed by atoms with Gasteiger partial charge in [-0.05, 0) is 46.5 Å². The predicted octanol–water partition coefficient (Wildman–Crippen LogP) is 4.69. The van der Waals surface area contributed by atoms with Gasteiger partial charge in [-0.25, -0.2) is 0 Å². The molecule has 0 unspecified atom stereocenters. The normalized spacial score (nSPS) is 13.5. The SMILES string of the molecule is CCC(C)(CC)O[C](C)OC(C)(CC)CC. The Balaban J connectivity index is 4.31. The Hall–Kier alpha value is -0.0800. The van der Waals surface area contributed by atoms with Crippen LogP contribution in [0.3, 0.4) is 0 Å². The van der Waals surface area contributed by atoms with E-state index in [9.17, 15) is 0 Å². The molecule has 0 atom stereocenters. The lowest BCUT2D eigenvalue weighted by Gasteiger charge is -2.35. The van der Waals surface area contributed by atoms with Gasteiger partial charge in [0.1, 0.15) is 0 Å². The van der Waals surface area contributed by atoms with Crippen LogP contribution in [0.15, 0.2) is 0 Å². The van der Waals surface area contributed by atoms with Crippen molar-refractivity contribution in [1.29, 1.82) is 0 Å². The van der Waals surface area contributed by atoms with Gasteiger partial charge in [-0.15, -0.1) is 0 Å². The third-order valence-corrected chi connectivity index (χ3v) is 3.77. The minimum absolute atomic E-state index is 0.0908. The quantitative estimate of drug-likeness (QED) is 0.601. The Bertz CT molecular complexity index is 161. The first-order valence-corrected chi connectivity index (χ1v) is 6.56. The Morgan fingerprint density at radius 2 is 1.00 bits per heavy atom. The molecule has 0 rings (SSSR count). The van der Waals surface area contributed by atoms with Crippen LogP contribution in [0.1, 0.15) is 74.1 Å². The summed E-state index contributed by atoms with van der Waals surface area (Å²) in [4.78, 5) is 0. The summed E-state index contributed by atoms with van der Waals surface area (Å²) in [5.74, 6) is 0. The van der Waals surface area contributed by atoms with Crippen molar-refractivity contribution in [2.24, 2.45) is 0 Å². The van der Waals surface area contributed by atoms with Gasteiger partial charge in [0, 0.05) is 0 Å². The fraction of sp³-hybridized carbons (Fsp3) is 0.929. The molecular formula is C14H29O2. The highest BCUT2D eigenvalue weighted by Gasteiger charge is 2.29. The summed E-state index contributed by atoms with van der Waals surface area (Å²) in [7, 11) is 0. The smallest absolute Gasteiger partial charge is 0.221 e. The molecule has 2 nitrogen and oxygen atoms in total. The molecule has 0 saturated carbocycles. The largest absolute Gasteiger partial charge is 0.339 e. The molecule has 0 aliphatic heterocycles. The monoisotopic (exact) mass is 229 g/mol. The van der Waals surface area contributed by atoms with Crippen LogP contribution in [-0.2, 0) is 9.47 Å². The molecular weight excluding hydrogens is 200 g/mol. The van der Waals surface area contributed by atoms with E-state index in [4.69, 9.17) is 9.47 Å². The summed E-state index contributed by atoms with van der Waals surface area (Å²) < 4.78 is 11.9. The van der Waals surface area contributed by atoms with E-state index in [1.165, 1.54) is 0 Å². The summed E-state index contributed by atoms with van der Waals surface area (Å²) in [6.07, 6.45) is 4.70. The van der Waals surface area contributed by atoms with Crippen LogP contribution in [0.2, 0.25) is 0 Å². The topological polar surface area (TPSA) is 18.5 Å². The first-order valence-electron chi connectivity index (χ1n) is 6.56. The zero-order chi connectivity index (χ0) is 12.8. The third-order valence-electron chi connectivity index (χ3n) is 3.77. The van der Waals surface area contributed by atoms with Crippen molar-refractivity contribution in [3.63, 3.8) is 0 Å². The fourth-order valence-corrected chi connectivity index (χ4v) is 1.50. The van der Waals surface area contributed by atoms with Gasteiger partial charge in [-0.3, -0.25) is 0 Å². The minimum Gasteiger partial charge on any atom is -0.339 e. The standard InChI is InChI=1S/C14H29O2/c1-8-13(6,9-2)15-12(5)16-14(7,10-3)11-4/h8-11H2,1-7H3. The predicted molar refractivity (Wildman–Crippen MR) is 69.1 cm³/mol. The second-order valence-electron chi connectivity index (χ2n) is 5.01. The van der Waals surface area contributed by atoms with E-state index in [1.54, 1.807) is 0 Å². The zero-order valence-electron chi connectivity index (χ0n) is 12.1. The number of rotatable bonds is 8. The van der Waals surface area contributed by atoms with Gasteiger partial charge < -0.3 is 9.47 Å². The number of hydrogen-bond donors (Lipinski definition) is 0. The molecule has 0 aromatic rings. The zero-order valence-corrected chi connectivity index (χ0v) is 12.1. The van der Waals surface area contributed by atoms with Crippen molar-refractivity contribution in [2.45, 2.75) is 85.4 Å². The van der Waals surface area contributed by atoms with Crippen LogP contribution in [0, 0.1) is 6.29 Å². The summed E-state index contributed by atoms with van der Waals surface area (Å²) in [6, 6.07) is 0. The molecule has 0 N–H and O–H groups in total. The maximum Gasteiger partial charge on any atom is 0.221 e. The Morgan fingerprint density at radius 1 is 0.750 bits per heavy atom. The van der Waals surface area contributed by atoms with Crippen LogP contribution < -0.4 is 0 Å². The van der Waals surface area contributed by atoms with Crippen molar-refractivity contribution in [2.75, 3.05) is 0 Å². The van der Waals surface area contributed by atoms with Crippen LogP contribution in [-0.4, -0.2) is 11.2 Å². The van der Waals surface area contributed by atoms with Crippen LogP contribution in [0.25, 0.3) is 0 Å². The lowest BCUT2D eigenvalue weighted by molar-refractivity contribution is -0.172. The van der Waals surface area contributed by atoms with E-state index in [0.717, 1.165) is 25.7 Å². The molecule has 16 heavy (non-hydrogen) atoms. The molecule has 0 aliphatic carbocycles. The van der Waals surface area contributed by atoms with Gasteiger partial charge in [0.25, 0.3) is 0 Å². The molecule has 0 fully saturated rings. The lowest BCUT2D eigenvalue weighted by atomic mass is 9.99. The number of ether oxygens (including phenoxy) is 2. The van der Waals surface area contributed by atoms with Crippen LogP contribution >= 0.6 is 0 Å². The maximum atomic E-state index is 5.93. The Kier molecular flexibility index (Phi) is 6.57. The van der Waals surface area contributed by atoms with Crippen LogP contribution in [0.4, 0.5) is 0 Å². The van der Waals surface area contributed by atoms with Gasteiger partial charge in [-0.2, -0.15) is 0 Å². The van der Waals surface area contributed by atoms with Crippen LogP contribution in [0.5, 0.6) is 0 Å². The van der Waals surface area contributed by atoms with Gasteiger partial charge in [0.15, 0.2) is 0 Å². The fourth-order valence-electron chi connectivity index (χ4n) is 1.50. The molecule has 97 valence electrons. The van der Waals surface area contributed by atoms with Gasteiger partial charge >= 0.3 is 0 Å². The maximum absolute atomic E-state index is 5.93. The highest BCUT2D eigenvalue weighted by atomic mass is 16.7. The van der Waals surface area contributed by atoms with E-state index in [1.807, 2.05) is 6.92 Å². The first kappa shape index (κ1) is 15.9. The highest BCUT2D eigenvalue weighted by Crippen LogP contribution is 2.30. The molecule has 0 saturated heterocycles. The Morgan fingerprint density at radius 3 is 1.19 bits per heavy atom. The summed E-state index contributed by atoms with van der Waals surface area (Å²) in [5.41, 5.74) is -0.182. The lowest BCUT2D eigenvalue weighted by Crippen LogP contribution is -2.34. The third kappa shape index (κ3) is 4.84. The summed E-state index contributed by atoms with van der Waals surface area (Å²) in [5, 5.41) is 0. The second-order valence-corrected chi connectivity index (χ2v) is 5.01. The average molecular weight is 229 g/mol. The molecule has 0 aromatic carbocycles. The van der Waals surface area contributed by atoms with E-state index in [2.05, 4.69) is 41.5 Å². The molecule has 2 heteroatoms. The number of hydrogen-bond acceptors (Lipinski definition) is 2. The van der Waals surface area contributed by atoms with Gasteiger partial charge in [0.05, 0.1) is 11.2 Å². The molecule has 0 amide bonds. The molecule has 1 radical (unpaired) electrons. The van der Waals surface area contributed by atoms with Crippen molar-refractivity contribution in [3.05, 3.63) is 6.29 Å². The van der Waals surface area contributed by atoms with E-state index in [0.29, 0.717) is 6.29 Å². The first-order chi connectivity index (χ1) is 7.34. The van der Waals surface area contributed by atoms with Crippen molar-refractivity contribution in [1.82, 2.24) is 0 Å². The van der Waals surface area contributed by atoms with E-state index >= 15 is 0 Å². The van der Waals surface area contributed by atoms with Crippen molar-refractivity contribution < 1.29 is 9.47 Å². The molecule has 0 aliphatic rings. The van der Waals surface area contributed by atoms with E-state index < -0.39 is 0 Å². The summed E-state index contributed by atoms with van der Waals surface area (Å²) in [6.45, 7) is 14.8. The molecule has 0 spiro atoms. The van der Waals surface area contributed by atoms with Gasteiger partial charge in [-0.1, -0.05) is 27.7 Å². The summed E-state index contributed by atoms with van der Waals surface area (Å²) >= 11 is 0. The van der Waals surface area contributed by atoms with Crippen molar-refractivity contribution in [3.8, 4) is 0 Å². The van der Waals surface area contributed by atoms with Gasteiger partial charge in [0.2, 0.25) is 6.29 Å². The highest BCUT2D eigenvalue weighted by molar-refractivity contribution is 4.79. The minimum atomic E-state index is -0.0908. The van der Waals surface area contributed by atoms with Crippen molar-refractivity contribution >= 4 is 0 Å².